The molecule has 0 aromatic heterocycles. The fraction of sp³-hybridized carbons (Fsp3) is 0.357. The van der Waals surface area contributed by atoms with E-state index < -0.39 is 0 Å². The van der Waals surface area contributed by atoms with Crippen LogP contribution in [0, 0.1) is 27.7 Å². The molecular formula is C28H42. The Morgan fingerprint density at radius 2 is 0.821 bits per heavy atom. The van der Waals surface area contributed by atoms with Crippen LogP contribution in [0.2, 0.25) is 0 Å². The minimum atomic E-state index is 1.28. The first kappa shape index (κ1) is 27.9. The molecule has 0 unspecified atom stereocenters. The van der Waals surface area contributed by atoms with Crippen LogP contribution in [0.25, 0.3) is 11.1 Å². The van der Waals surface area contributed by atoms with Gasteiger partial charge in [-0.25, -0.2) is 0 Å². The third-order valence-corrected chi connectivity index (χ3v) is 3.82. The molecular weight excluding hydrogens is 336 g/mol. The Morgan fingerprint density at radius 3 is 1.25 bits per heavy atom. The van der Waals surface area contributed by atoms with Crippen LogP contribution in [0.1, 0.15) is 63.8 Å². The Kier molecular flexibility index (Phi) is 18.0. The zero-order valence-electron chi connectivity index (χ0n) is 19.9. The van der Waals surface area contributed by atoms with Crippen molar-refractivity contribution in [1.29, 1.82) is 0 Å². The molecule has 0 aliphatic carbocycles. The topological polar surface area (TPSA) is 0 Å². The fourth-order valence-corrected chi connectivity index (χ4v) is 2.27. The van der Waals surface area contributed by atoms with Gasteiger partial charge in [-0.05, 0) is 49.9 Å². The van der Waals surface area contributed by atoms with Gasteiger partial charge in [-0.3, -0.25) is 0 Å². The van der Waals surface area contributed by atoms with Crippen LogP contribution >= 0.6 is 0 Å². The summed E-state index contributed by atoms with van der Waals surface area (Å²) < 4.78 is 0. The van der Waals surface area contributed by atoms with Crippen molar-refractivity contribution in [3.63, 3.8) is 0 Å². The molecule has 3 aromatic carbocycles. The van der Waals surface area contributed by atoms with Crippen LogP contribution in [-0.4, -0.2) is 0 Å². The molecule has 3 rings (SSSR count). The van der Waals surface area contributed by atoms with Gasteiger partial charge in [0.15, 0.2) is 0 Å². The van der Waals surface area contributed by atoms with Gasteiger partial charge in [0.25, 0.3) is 0 Å². The van der Waals surface area contributed by atoms with Crippen molar-refractivity contribution in [2.45, 2.75) is 69.2 Å². The van der Waals surface area contributed by atoms with Crippen LogP contribution in [0.3, 0.4) is 0 Å². The third-order valence-electron chi connectivity index (χ3n) is 3.82. The molecule has 0 saturated carbocycles. The van der Waals surface area contributed by atoms with E-state index >= 15 is 0 Å². The summed E-state index contributed by atoms with van der Waals surface area (Å²) in [6, 6.07) is 25.5. The highest BCUT2D eigenvalue weighted by Gasteiger charge is 1.93. The number of aryl methyl sites for hydroxylation is 4. The molecule has 0 N–H and O–H groups in total. The quantitative estimate of drug-likeness (QED) is 0.395. The smallest absolute Gasteiger partial charge is 0.0184 e. The summed E-state index contributed by atoms with van der Waals surface area (Å²) in [4.78, 5) is 0. The summed E-state index contributed by atoms with van der Waals surface area (Å²) in [6.45, 7) is 20.5. The average Bonchev–Trinajstić information content (AvgIpc) is 2.77. The lowest BCUT2D eigenvalue weighted by Gasteiger charge is -2.00. The SMILES string of the molecule is CC.CC.CC.Cc1ccc(-c2ccccc2)cc1.Cc1ccc(C)c(C)c1. The average molecular weight is 379 g/mol. The van der Waals surface area contributed by atoms with Crippen LogP contribution < -0.4 is 0 Å². The molecule has 0 bridgehead atoms. The second-order valence-corrected chi connectivity index (χ2v) is 5.82. The van der Waals surface area contributed by atoms with Gasteiger partial charge >= 0.3 is 0 Å². The van der Waals surface area contributed by atoms with Crippen molar-refractivity contribution in [3.8, 4) is 11.1 Å². The molecule has 3 aromatic rings. The van der Waals surface area contributed by atoms with E-state index in [9.17, 15) is 0 Å². The van der Waals surface area contributed by atoms with E-state index in [0.717, 1.165) is 0 Å². The van der Waals surface area contributed by atoms with Gasteiger partial charge in [0.2, 0.25) is 0 Å². The first-order valence-electron chi connectivity index (χ1n) is 10.7. The van der Waals surface area contributed by atoms with Crippen LogP contribution in [0.4, 0.5) is 0 Å². The molecule has 0 fully saturated rings. The summed E-state index contributed by atoms with van der Waals surface area (Å²) >= 11 is 0. The van der Waals surface area contributed by atoms with Crippen LogP contribution in [0.15, 0.2) is 72.8 Å². The number of hydrogen-bond acceptors (Lipinski definition) is 0. The van der Waals surface area contributed by atoms with Gasteiger partial charge in [-0.15, -0.1) is 0 Å². The lowest BCUT2D eigenvalue weighted by molar-refractivity contribution is 1.30. The molecule has 28 heavy (non-hydrogen) atoms. The molecule has 0 atom stereocenters. The Balaban J connectivity index is 0. The van der Waals surface area contributed by atoms with E-state index in [1.165, 1.54) is 33.4 Å². The molecule has 0 heteroatoms. The Labute approximate surface area is 175 Å². The maximum atomic E-state index is 2.20. The maximum absolute atomic E-state index is 2.20. The zero-order valence-corrected chi connectivity index (χ0v) is 19.9. The normalized spacial score (nSPS) is 8.36. The molecule has 0 aliphatic rings. The van der Waals surface area contributed by atoms with Crippen molar-refractivity contribution in [2.24, 2.45) is 0 Å². The van der Waals surface area contributed by atoms with E-state index in [4.69, 9.17) is 0 Å². The van der Waals surface area contributed by atoms with Gasteiger partial charge in [-0.1, -0.05) is 125 Å². The second kappa shape index (κ2) is 18.0. The summed E-state index contributed by atoms with van der Waals surface area (Å²) in [5.74, 6) is 0. The predicted molar refractivity (Wildman–Crippen MR) is 131 cm³/mol. The van der Waals surface area contributed by atoms with E-state index in [0.29, 0.717) is 0 Å². The van der Waals surface area contributed by atoms with Crippen LogP contribution in [0.5, 0.6) is 0 Å². The van der Waals surface area contributed by atoms with Gasteiger partial charge in [0.1, 0.15) is 0 Å². The summed E-state index contributed by atoms with van der Waals surface area (Å²) in [7, 11) is 0. The molecule has 0 saturated heterocycles. The highest BCUT2D eigenvalue weighted by Crippen LogP contribution is 2.18. The zero-order chi connectivity index (χ0) is 21.9. The predicted octanol–water partition coefficient (Wildman–Crippen LogP) is 9.35. The third kappa shape index (κ3) is 11.4. The largest absolute Gasteiger partial charge is 0.0683 e. The monoisotopic (exact) mass is 378 g/mol. The summed E-state index contributed by atoms with van der Waals surface area (Å²) in [6.07, 6.45) is 0. The van der Waals surface area contributed by atoms with Crippen molar-refractivity contribution >= 4 is 0 Å². The maximum Gasteiger partial charge on any atom is -0.0184 e. The second-order valence-electron chi connectivity index (χ2n) is 5.82. The summed E-state index contributed by atoms with van der Waals surface area (Å²) in [5, 5.41) is 0. The van der Waals surface area contributed by atoms with Crippen molar-refractivity contribution < 1.29 is 0 Å². The lowest BCUT2D eigenvalue weighted by Crippen LogP contribution is -1.79. The lowest BCUT2D eigenvalue weighted by atomic mass is 10.0. The highest BCUT2D eigenvalue weighted by atomic mass is 14.0. The first-order chi connectivity index (χ1) is 13.6. The van der Waals surface area contributed by atoms with E-state index in [1.807, 2.05) is 47.6 Å². The standard InChI is InChI=1S/C13H12.C9H12.3C2H6/c1-11-7-9-13(10-8-11)12-5-3-2-4-6-12;1-7-4-5-8(2)9(3)6-7;3*1-2/h2-10H,1H3;4-6H,1-3H3;3*1-2H3. The van der Waals surface area contributed by atoms with E-state index in [1.54, 1.807) is 0 Å². The van der Waals surface area contributed by atoms with Gasteiger partial charge in [0, 0.05) is 0 Å². The highest BCUT2D eigenvalue weighted by molar-refractivity contribution is 5.63. The Morgan fingerprint density at radius 1 is 0.393 bits per heavy atom. The van der Waals surface area contributed by atoms with Gasteiger partial charge < -0.3 is 0 Å². The molecule has 0 amide bonds. The number of benzene rings is 3. The first-order valence-corrected chi connectivity index (χ1v) is 10.7. The summed E-state index contributed by atoms with van der Waals surface area (Å²) in [5.41, 5.74) is 7.97. The minimum absolute atomic E-state index is 1.28. The molecule has 0 radical (unpaired) electrons. The number of hydrogen-bond donors (Lipinski definition) is 0. The Bertz CT molecular complexity index is 707. The van der Waals surface area contributed by atoms with Crippen molar-refractivity contribution in [2.75, 3.05) is 0 Å². The number of rotatable bonds is 1. The minimum Gasteiger partial charge on any atom is -0.0683 e. The Hall–Kier alpha value is -2.34. The van der Waals surface area contributed by atoms with Crippen molar-refractivity contribution in [3.05, 3.63) is 95.1 Å². The van der Waals surface area contributed by atoms with Gasteiger partial charge in [-0.2, -0.15) is 0 Å². The molecule has 154 valence electrons. The van der Waals surface area contributed by atoms with E-state index in [2.05, 4.69) is 94.4 Å². The van der Waals surface area contributed by atoms with Gasteiger partial charge in [0.05, 0.1) is 0 Å². The van der Waals surface area contributed by atoms with E-state index in [-0.39, 0.29) is 0 Å². The van der Waals surface area contributed by atoms with Crippen LogP contribution in [-0.2, 0) is 0 Å². The molecule has 0 aliphatic heterocycles. The van der Waals surface area contributed by atoms with Crippen molar-refractivity contribution in [1.82, 2.24) is 0 Å². The molecule has 0 spiro atoms. The fourth-order valence-electron chi connectivity index (χ4n) is 2.27. The molecule has 0 heterocycles. The molecule has 0 nitrogen and oxygen atoms in total.